The smallest absolute Gasteiger partial charge is 0.241 e. The Morgan fingerprint density at radius 2 is 1.62 bits per heavy atom. The molecule has 0 bridgehead atoms. The number of nitrogens with zero attached hydrogens (tertiary/aromatic N) is 3. The quantitative estimate of drug-likeness (QED) is 0.310. The van der Waals surface area contributed by atoms with E-state index in [-0.39, 0.29) is 5.91 Å². The number of piperazine rings is 1. The minimum Gasteiger partial charge on any atom is -0.369 e. The summed E-state index contributed by atoms with van der Waals surface area (Å²) in [6.07, 6.45) is 8.90. The van der Waals surface area contributed by atoms with Crippen molar-refractivity contribution in [3.8, 4) is 0 Å². The predicted molar refractivity (Wildman–Crippen MR) is 135 cm³/mol. The summed E-state index contributed by atoms with van der Waals surface area (Å²) in [5.41, 5.74) is 6.29. The lowest BCUT2D eigenvalue weighted by molar-refractivity contribution is -0.121. The van der Waals surface area contributed by atoms with Gasteiger partial charge >= 0.3 is 0 Å². The lowest BCUT2D eigenvalue weighted by atomic mass is 10.1. The van der Waals surface area contributed by atoms with Crippen molar-refractivity contribution >= 4 is 23.9 Å². The standard InChI is InChI=1S/C27H36N4O/c1-2-3-6-13-25(22-24-11-7-4-8-12-24)23-28-29-27(32)16-17-30-18-20-31(21-19-30)26-14-9-5-10-15-26/h4-5,7-12,14-15,22-23H,2-3,6,13,16-21H2,1H3,(H,29,32)/b25-22+,28-23-. The number of carbonyl (C=O) groups excluding carboxylic acids is 1. The van der Waals surface area contributed by atoms with Gasteiger partial charge in [0.2, 0.25) is 5.91 Å². The first-order valence-electron chi connectivity index (χ1n) is 11.8. The van der Waals surface area contributed by atoms with Crippen LogP contribution in [-0.4, -0.2) is 49.7 Å². The number of anilines is 1. The third-order valence-corrected chi connectivity index (χ3v) is 5.79. The van der Waals surface area contributed by atoms with Gasteiger partial charge in [0.1, 0.15) is 0 Å². The topological polar surface area (TPSA) is 47.9 Å². The average Bonchev–Trinajstić information content (AvgIpc) is 2.84. The van der Waals surface area contributed by atoms with E-state index in [1.165, 1.54) is 18.5 Å². The van der Waals surface area contributed by atoms with Crippen molar-refractivity contribution in [2.75, 3.05) is 37.6 Å². The number of nitrogens with one attached hydrogen (secondary N) is 1. The Morgan fingerprint density at radius 1 is 0.938 bits per heavy atom. The van der Waals surface area contributed by atoms with Crippen LogP contribution in [0.1, 0.15) is 44.6 Å². The largest absolute Gasteiger partial charge is 0.369 e. The Morgan fingerprint density at radius 3 is 2.31 bits per heavy atom. The van der Waals surface area contributed by atoms with Crippen LogP contribution in [0.4, 0.5) is 5.69 Å². The molecule has 32 heavy (non-hydrogen) atoms. The van der Waals surface area contributed by atoms with E-state index in [1.807, 2.05) is 24.3 Å². The Bertz CT molecular complexity index is 856. The van der Waals surface area contributed by atoms with E-state index in [1.54, 1.807) is 6.21 Å². The average molecular weight is 433 g/mol. The molecule has 1 aliphatic rings. The molecule has 1 N–H and O–H groups in total. The second kappa shape index (κ2) is 13.5. The highest BCUT2D eigenvalue weighted by Crippen LogP contribution is 2.15. The molecule has 0 aliphatic carbocycles. The van der Waals surface area contributed by atoms with Crippen LogP contribution in [0.25, 0.3) is 6.08 Å². The zero-order valence-corrected chi connectivity index (χ0v) is 19.2. The van der Waals surface area contributed by atoms with Crippen molar-refractivity contribution in [3.05, 3.63) is 71.8 Å². The van der Waals surface area contributed by atoms with Crippen molar-refractivity contribution in [3.63, 3.8) is 0 Å². The van der Waals surface area contributed by atoms with E-state index in [9.17, 15) is 4.79 Å². The maximum absolute atomic E-state index is 12.3. The zero-order valence-electron chi connectivity index (χ0n) is 19.2. The van der Waals surface area contributed by atoms with Gasteiger partial charge in [-0.15, -0.1) is 0 Å². The van der Waals surface area contributed by atoms with Crippen LogP contribution in [0.2, 0.25) is 0 Å². The van der Waals surface area contributed by atoms with E-state index < -0.39 is 0 Å². The van der Waals surface area contributed by atoms with E-state index in [4.69, 9.17) is 0 Å². The van der Waals surface area contributed by atoms with Gasteiger partial charge < -0.3 is 4.90 Å². The summed E-state index contributed by atoms with van der Waals surface area (Å²) in [7, 11) is 0. The summed E-state index contributed by atoms with van der Waals surface area (Å²) in [5, 5.41) is 4.24. The molecular weight excluding hydrogens is 396 g/mol. The summed E-state index contributed by atoms with van der Waals surface area (Å²) in [4.78, 5) is 17.0. The fraction of sp³-hybridized carbons (Fsp3) is 0.407. The first-order chi connectivity index (χ1) is 15.7. The van der Waals surface area contributed by atoms with Crippen molar-refractivity contribution < 1.29 is 4.79 Å². The minimum atomic E-state index is -0.0284. The van der Waals surface area contributed by atoms with Crippen molar-refractivity contribution in [1.29, 1.82) is 0 Å². The van der Waals surface area contributed by atoms with Crippen LogP contribution in [0.15, 0.2) is 71.3 Å². The van der Waals surface area contributed by atoms with Gasteiger partial charge in [-0.1, -0.05) is 74.4 Å². The van der Waals surface area contributed by atoms with Crippen LogP contribution >= 0.6 is 0 Å². The maximum atomic E-state index is 12.3. The molecular formula is C27H36N4O. The molecule has 3 rings (SSSR count). The summed E-state index contributed by atoms with van der Waals surface area (Å²) in [6, 6.07) is 20.8. The van der Waals surface area contributed by atoms with Gasteiger partial charge in [-0.3, -0.25) is 9.69 Å². The number of hydrogen-bond donors (Lipinski definition) is 1. The second-order valence-corrected chi connectivity index (χ2v) is 8.29. The number of hydrogen-bond acceptors (Lipinski definition) is 4. The lowest BCUT2D eigenvalue weighted by Crippen LogP contribution is -2.47. The number of benzene rings is 2. The van der Waals surface area contributed by atoms with Gasteiger partial charge in [0.25, 0.3) is 0 Å². The third kappa shape index (κ3) is 8.31. The molecule has 0 atom stereocenters. The van der Waals surface area contributed by atoms with Crippen molar-refractivity contribution in [2.45, 2.75) is 39.0 Å². The van der Waals surface area contributed by atoms with Gasteiger partial charge in [0.15, 0.2) is 0 Å². The zero-order chi connectivity index (χ0) is 22.4. The molecule has 170 valence electrons. The van der Waals surface area contributed by atoms with Gasteiger partial charge in [-0.05, 0) is 36.1 Å². The van der Waals surface area contributed by atoms with Crippen LogP contribution in [0, 0.1) is 0 Å². The fourth-order valence-corrected chi connectivity index (χ4v) is 3.89. The molecule has 5 heteroatoms. The first kappa shape index (κ1) is 23.7. The molecule has 1 fully saturated rings. The SMILES string of the molecule is CCCCCC(/C=N\NC(=O)CCN1CCN(c2ccccc2)CC1)=C\c1ccccc1. The number of hydrazone groups is 1. The minimum absolute atomic E-state index is 0.0284. The predicted octanol–water partition coefficient (Wildman–Crippen LogP) is 4.96. The normalized spacial score (nSPS) is 15.3. The molecule has 0 aromatic heterocycles. The van der Waals surface area contributed by atoms with Crippen LogP contribution in [0.5, 0.6) is 0 Å². The molecule has 0 radical (unpaired) electrons. The fourth-order valence-electron chi connectivity index (χ4n) is 3.89. The van der Waals surface area contributed by atoms with E-state index in [2.05, 4.69) is 69.7 Å². The number of amides is 1. The summed E-state index contributed by atoms with van der Waals surface area (Å²) >= 11 is 0. The first-order valence-corrected chi connectivity index (χ1v) is 11.8. The van der Waals surface area contributed by atoms with Crippen molar-refractivity contribution in [2.24, 2.45) is 5.10 Å². The number of allylic oxidation sites excluding steroid dienone is 1. The van der Waals surface area contributed by atoms with Gasteiger partial charge in [-0.25, -0.2) is 5.43 Å². The highest BCUT2D eigenvalue weighted by molar-refractivity contribution is 5.86. The molecule has 2 aromatic rings. The second-order valence-electron chi connectivity index (χ2n) is 8.29. The lowest BCUT2D eigenvalue weighted by Gasteiger charge is -2.36. The number of unbranched alkanes of at least 4 members (excludes halogenated alkanes) is 2. The summed E-state index contributed by atoms with van der Waals surface area (Å²) < 4.78 is 0. The molecule has 1 heterocycles. The molecule has 5 nitrogen and oxygen atoms in total. The molecule has 1 aliphatic heterocycles. The van der Waals surface area contributed by atoms with Crippen molar-refractivity contribution in [1.82, 2.24) is 10.3 Å². The Kier molecular flexibility index (Phi) is 10.0. The van der Waals surface area contributed by atoms with Gasteiger partial charge in [-0.2, -0.15) is 5.10 Å². The molecule has 2 aromatic carbocycles. The maximum Gasteiger partial charge on any atom is 0.241 e. The molecule has 0 spiro atoms. The van der Waals surface area contributed by atoms with E-state index in [0.29, 0.717) is 6.42 Å². The Balaban J connectivity index is 1.41. The molecule has 1 amide bonds. The molecule has 0 saturated carbocycles. The highest BCUT2D eigenvalue weighted by atomic mass is 16.2. The molecule has 0 unspecified atom stereocenters. The van der Waals surface area contributed by atoms with E-state index in [0.717, 1.165) is 56.7 Å². The summed E-state index contributed by atoms with van der Waals surface area (Å²) in [6.45, 7) is 6.92. The Hall–Kier alpha value is -2.92. The van der Waals surface area contributed by atoms with Crippen LogP contribution in [0.3, 0.4) is 0 Å². The van der Waals surface area contributed by atoms with Crippen LogP contribution < -0.4 is 10.3 Å². The highest BCUT2D eigenvalue weighted by Gasteiger charge is 2.17. The monoisotopic (exact) mass is 432 g/mol. The van der Waals surface area contributed by atoms with Gasteiger partial charge in [0.05, 0.1) is 6.21 Å². The van der Waals surface area contributed by atoms with E-state index >= 15 is 0 Å². The molecule has 1 saturated heterocycles. The number of rotatable bonds is 11. The number of carbonyl (C=O) groups is 1. The third-order valence-electron chi connectivity index (χ3n) is 5.79. The van der Waals surface area contributed by atoms with Crippen LogP contribution in [-0.2, 0) is 4.79 Å². The Labute approximate surface area is 192 Å². The number of para-hydroxylation sites is 1. The van der Waals surface area contributed by atoms with Gasteiger partial charge in [0, 0.05) is 44.8 Å². The summed E-state index contributed by atoms with van der Waals surface area (Å²) in [5.74, 6) is -0.0284.